The minimum absolute atomic E-state index is 0.150. The third-order valence-corrected chi connectivity index (χ3v) is 3.05. The molecule has 2 aromatic heterocycles. The quantitative estimate of drug-likeness (QED) is 0.835. The van der Waals surface area contributed by atoms with E-state index in [0.29, 0.717) is 21.5 Å². The molecule has 7 heteroatoms. The number of anilines is 1. The zero-order valence-electron chi connectivity index (χ0n) is 10.2. The van der Waals surface area contributed by atoms with Gasteiger partial charge in [0.15, 0.2) is 0 Å². The third kappa shape index (κ3) is 3.61. The van der Waals surface area contributed by atoms with Crippen molar-refractivity contribution in [1.82, 2.24) is 9.97 Å². The Morgan fingerprint density at radius 1 is 1.25 bits per heavy atom. The molecule has 0 bridgehead atoms. The summed E-state index contributed by atoms with van der Waals surface area (Å²) in [5, 5.41) is 11.3. The SMILES string of the molecule is O=C(O)Cc1ccc(NC(=O)c2cccnc2Br)cn1. The Morgan fingerprint density at radius 3 is 2.65 bits per heavy atom. The largest absolute Gasteiger partial charge is 0.481 e. The molecule has 0 saturated heterocycles. The van der Waals surface area contributed by atoms with E-state index in [0.717, 1.165) is 0 Å². The molecule has 0 spiro atoms. The van der Waals surface area contributed by atoms with Crippen LogP contribution in [0.2, 0.25) is 0 Å². The van der Waals surface area contributed by atoms with E-state index < -0.39 is 5.97 Å². The smallest absolute Gasteiger partial charge is 0.309 e. The molecule has 0 unspecified atom stereocenters. The zero-order valence-corrected chi connectivity index (χ0v) is 11.8. The maximum absolute atomic E-state index is 12.0. The molecule has 2 rings (SSSR count). The second kappa shape index (κ2) is 6.25. The molecule has 0 fully saturated rings. The van der Waals surface area contributed by atoms with Crippen LogP contribution >= 0.6 is 15.9 Å². The minimum Gasteiger partial charge on any atom is -0.481 e. The molecule has 0 atom stereocenters. The molecule has 0 radical (unpaired) electrons. The van der Waals surface area contributed by atoms with Gasteiger partial charge in [0, 0.05) is 6.20 Å². The molecule has 2 N–H and O–H groups in total. The zero-order chi connectivity index (χ0) is 14.5. The molecule has 102 valence electrons. The van der Waals surface area contributed by atoms with E-state index in [2.05, 4.69) is 31.2 Å². The number of hydrogen-bond acceptors (Lipinski definition) is 4. The van der Waals surface area contributed by atoms with E-state index in [9.17, 15) is 9.59 Å². The Hall–Kier alpha value is -2.28. The van der Waals surface area contributed by atoms with Gasteiger partial charge in [-0.15, -0.1) is 0 Å². The molecule has 6 nitrogen and oxygen atoms in total. The number of carbonyl (C=O) groups excluding carboxylic acids is 1. The van der Waals surface area contributed by atoms with Gasteiger partial charge in [0.25, 0.3) is 5.91 Å². The van der Waals surface area contributed by atoms with Gasteiger partial charge in [-0.05, 0) is 40.2 Å². The van der Waals surface area contributed by atoms with Crippen LogP contribution in [0.4, 0.5) is 5.69 Å². The maximum atomic E-state index is 12.0. The highest BCUT2D eigenvalue weighted by Crippen LogP contribution is 2.15. The number of nitrogens with zero attached hydrogens (tertiary/aromatic N) is 2. The Kier molecular flexibility index (Phi) is 4.41. The van der Waals surface area contributed by atoms with Crippen molar-refractivity contribution in [2.45, 2.75) is 6.42 Å². The second-order valence-corrected chi connectivity index (χ2v) is 4.66. The molecule has 0 aromatic carbocycles. The summed E-state index contributed by atoms with van der Waals surface area (Å²) in [6.45, 7) is 0. The lowest BCUT2D eigenvalue weighted by Gasteiger charge is -2.06. The number of hydrogen-bond donors (Lipinski definition) is 2. The first-order valence-corrected chi connectivity index (χ1v) is 6.44. The van der Waals surface area contributed by atoms with Crippen LogP contribution in [0.15, 0.2) is 41.3 Å². The molecule has 0 aliphatic heterocycles. The number of halogens is 1. The molecule has 0 aliphatic carbocycles. The summed E-state index contributed by atoms with van der Waals surface area (Å²) in [6.07, 6.45) is 2.84. The number of carboxylic acids is 1. The fourth-order valence-electron chi connectivity index (χ4n) is 1.51. The molecule has 0 aliphatic rings. The second-order valence-electron chi connectivity index (χ2n) is 3.90. The number of carbonyl (C=O) groups is 2. The van der Waals surface area contributed by atoms with Crippen LogP contribution in [0.25, 0.3) is 0 Å². The number of pyridine rings is 2. The van der Waals surface area contributed by atoms with Gasteiger partial charge in [-0.1, -0.05) is 0 Å². The molecule has 2 heterocycles. The summed E-state index contributed by atoms with van der Waals surface area (Å²) in [5.74, 6) is -1.27. The first-order valence-electron chi connectivity index (χ1n) is 5.65. The van der Waals surface area contributed by atoms with Crippen LogP contribution in [0, 0.1) is 0 Å². The van der Waals surface area contributed by atoms with Crippen LogP contribution in [-0.2, 0) is 11.2 Å². The lowest BCUT2D eigenvalue weighted by molar-refractivity contribution is -0.136. The van der Waals surface area contributed by atoms with E-state index in [4.69, 9.17) is 5.11 Å². The van der Waals surface area contributed by atoms with E-state index in [-0.39, 0.29) is 12.3 Å². The molecule has 2 aromatic rings. The standard InChI is InChI=1S/C13H10BrN3O3/c14-12-10(2-1-5-15-12)13(20)17-9-4-3-8(16-7-9)6-11(18)19/h1-5,7H,6H2,(H,17,20)(H,18,19). The van der Waals surface area contributed by atoms with Crippen LogP contribution in [0.3, 0.4) is 0 Å². The molecule has 1 amide bonds. The van der Waals surface area contributed by atoms with E-state index in [1.807, 2.05) is 0 Å². The van der Waals surface area contributed by atoms with Gasteiger partial charge in [0.05, 0.1) is 29.6 Å². The van der Waals surface area contributed by atoms with Gasteiger partial charge >= 0.3 is 5.97 Å². The van der Waals surface area contributed by atoms with Crippen molar-refractivity contribution in [2.75, 3.05) is 5.32 Å². The topological polar surface area (TPSA) is 92.2 Å². The Bertz CT molecular complexity index is 644. The van der Waals surface area contributed by atoms with Crippen molar-refractivity contribution in [3.63, 3.8) is 0 Å². The summed E-state index contributed by atoms with van der Waals surface area (Å²) in [4.78, 5) is 30.5. The van der Waals surface area contributed by atoms with Crippen molar-refractivity contribution in [3.8, 4) is 0 Å². The van der Waals surface area contributed by atoms with Crippen LogP contribution in [-0.4, -0.2) is 27.0 Å². The van der Waals surface area contributed by atoms with Gasteiger partial charge < -0.3 is 10.4 Å². The summed E-state index contributed by atoms with van der Waals surface area (Å²) in [6, 6.07) is 6.46. The van der Waals surface area contributed by atoms with Crippen molar-refractivity contribution in [2.24, 2.45) is 0 Å². The summed E-state index contributed by atoms with van der Waals surface area (Å²) < 4.78 is 0.452. The van der Waals surface area contributed by atoms with Crippen molar-refractivity contribution >= 4 is 33.5 Å². The van der Waals surface area contributed by atoms with E-state index in [1.165, 1.54) is 6.20 Å². The molecule has 20 heavy (non-hydrogen) atoms. The third-order valence-electron chi connectivity index (χ3n) is 2.42. The number of aliphatic carboxylic acids is 1. The van der Waals surface area contributed by atoms with E-state index >= 15 is 0 Å². The van der Waals surface area contributed by atoms with E-state index in [1.54, 1.807) is 30.5 Å². The highest BCUT2D eigenvalue weighted by molar-refractivity contribution is 9.10. The number of amides is 1. The first-order chi connectivity index (χ1) is 9.56. The predicted molar refractivity (Wildman–Crippen MR) is 75.5 cm³/mol. The number of aromatic nitrogens is 2. The highest BCUT2D eigenvalue weighted by atomic mass is 79.9. The maximum Gasteiger partial charge on any atom is 0.309 e. The number of rotatable bonds is 4. The van der Waals surface area contributed by atoms with Crippen molar-refractivity contribution in [1.29, 1.82) is 0 Å². The molecular weight excluding hydrogens is 326 g/mol. The van der Waals surface area contributed by atoms with Crippen molar-refractivity contribution in [3.05, 3.63) is 52.5 Å². The Balaban J connectivity index is 2.09. The van der Waals surface area contributed by atoms with Gasteiger partial charge in [0.1, 0.15) is 4.60 Å². The predicted octanol–water partition coefficient (Wildman–Crippen LogP) is 2.12. The fourth-order valence-corrected chi connectivity index (χ4v) is 1.94. The average molecular weight is 336 g/mol. The first kappa shape index (κ1) is 14.1. The number of carboxylic acid groups (broad SMARTS) is 1. The Morgan fingerprint density at radius 2 is 2.05 bits per heavy atom. The van der Waals surface area contributed by atoms with Gasteiger partial charge in [0.2, 0.25) is 0 Å². The number of nitrogens with one attached hydrogen (secondary N) is 1. The van der Waals surface area contributed by atoms with Gasteiger partial charge in [-0.3, -0.25) is 14.6 Å². The molecule has 0 saturated carbocycles. The van der Waals surface area contributed by atoms with Crippen LogP contribution < -0.4 is 5.32 Å². The van der Waals surface area contributed by atoms with Gasteiger partial charge in [-0.2, -0.15) is 0 Å². The minimum atomic E-state index is -0.950. The van der Waals surface area contributed by atoms with Crippen LogP contribution in [0.1, 0.15) is 16.1 Å². The summed E-state index contributed by atoms with van der Waals surface area (Å²) in [5.41, 5.74) is 1.32. The monoisotopic (exact) mass is 335 g/mol. The Labute approximate surface area is 123 Å². The summed E-state index contributed by atoms with van der Waals surface area (Å²) >= 11 is 3.20. The van der Waals surface area contributed by atoms with Crippen LogP contribution in [0.5, 0.6) is 0 Å². The fraction of sp³-hybridized carbons (Fsp3) is 0.0769. The lowest BCUT2D eigenvalue weighted by Crippen LogP contribution is -2.13. The average Bonchev–Trinajstić information content (AvgIpc) is 2.41. The normalized spacial score (nSPS) is 10.1. The van der Waals surface area contributed by atoms with Gasteiger partial charge in [-0.25, -0.2) is 4.98 Å². The van der Waals surface area contributed by atoms with Crippen molar-refractivity contribution < 1.29 is 14.7 Å². The molecular formula is C13H10BrN3O3. The highest BCUT2D eigenvalue weighted by Gasteiger charge is 2.10. The summed E-state index contributed by atoms with van der Waals surface area (Å²) in [7, 11) is 0. The lowest BCUT2D eigenvalue weighted by atomic mass is 10.2.